The molecule has 1 fully saturated rings. The molecule has 0 spiro atoms. The van der Waals surface area contributed by atoms with Gasteiger partial charge in [-0.15, -0.1) is 0 Å². The average molecular weight is 496 g/mol. The zero-order valence-corrected chi connectivity index (χ0v) is 21.0. The second-order valence-electron chi connectivity index (χ2n) is 9.53. The van der Waals surface area contributed by atoms with E-state index in [1.807, 2.05) is 43.3 Å². The molecule has 6 rings (SSSR count). The first kappa shape index (κ1) is 23.2. The van der Waals surface area contributed by atoms with Gasteiger partial charge in [-0.25, -0.2) is 9.97 Å². The van der Waals surface area contributed by atoms with Crippen molar-refractivity contribution in [2.75, 3.05) is 36.5 Å². The summed E-state index contributed by atoms with van der Waals surface area (Å²) < 4.78 is 11.9. The highest BCUT2D eigenvalue weighted by atomic mass is 16.5. The summed E-state index contributed by atoms with van der Waals surface area (Å²) in [6, 6.07) is 17.8. The van der Waals surface area contributed by atoms with E-state index >= 15 is 0 Å². The van der Waals surface area contributed by atoms with Crippen LogP contribution in [-0.2, 0) is 11.2 Å². The second kappa shape index (κ2) is 9.71. The number of nitrogens with zero attached hydrogens (tertiary/aromatic N) is 3. The minimum absolute atomic E-state index is 0.0306. The zero-order valence-electron chi connectivity index (χ0n) is 21.0. The lowest BCUT2D eigenvalue weighted by Crippen LogP contribution is -2.36. The number of aromatic amines is 1. The fraction of sp³-hybridized carbons (Fsp3) is 0.276. The van der Waals surface area contributed by atoms with Crippen molar-refractivity contribution in [3.63, 3.8) is 0 Å². The summed E-state index contributed by atoms with van der Waals surface area (Å²) in [5.74, 6) is 2.36. The molecular weight excluding hydrogens is 466 g/mol. The molecule has 0 amide bonds. The monoisotopic (exact) mass is 495 g/mol. The molecule has 0 bridgehead atoms. The van der Waals surface area contributed by atoms with E-state index in [9.17, 15) is 4.79 Å². The van der Waals surface area contributed by atoms with Crippen LogP contribution in [0.25, 0.3) is 11.3 Å². The van der Waals surface area contributed by atoms with E-state index in [1.165, 1.54) is 0 Å². The average Bonchev–Trinajstić information content (AvgIpc) is 2.91. The van der Waals surface area contributed by atoms with Crippen LogP contribution in [0.5, 0.6) is 11.5 Å². The highest BCUT2D eigenvalue weighted by Gasteiger charge is 2.23. The van der Waals surface area contributed by atoms with Gasteiger partial charge < -0.3 is 24.7 Å². The van der Waals surface area contributed by atoms with Crippen molar-refractivity contribution >= 4 is 11.4 Å². The summed E-state index contributed by atoms with van der Waals surface area (Å²) in [5.41, 5.74) is 6.51. The molecule has 0 radical (unpaired) electrons. The maximum Gasteiger partial charge on any atom is 0.250 e. The van der Waals surface area contributed by atoms with Gasteiger partial charge in [0.05, 0.1) is 24.9 Å². The number of morpholine rings is 1. The number of ether oxygens (including phenoxy) is 2. The van der Waals surface area contributed by atoms with Crippen LogP contribution in [0.3, 0.4) is 0 Å². The van der Waals surface area contributed by atoms with Crippen LogP contribution < -0.4 is 20.5 Å². The predicted octanol–water partition coefficient (Wildman–Crippen LogP) is 4.85. The topological polar surface area (TPSA) is 92.4 Å². The largest absolute Gasteiger partial charge is 0.456 e. The number of anilines is 2. The van der Waals surface area contributed by atoms with Crippen molar-refractivity contribution in [3.8, 4) is 22.8 Å². The molecule has 2 N–H and O–H groups in total. The Morgan fingerprint density at radius 2 is 1.92 bits per heavy atom. The number of aromatic nitrogens is 3. The molecule has 8 nitrogen and oxygen atoms in total. The molecule has 4 heterocycles. The summed E-state index contributed by atoms with van der Waals surface area (Å²) in [6.45, 7) is 6.88. The van der Waals surface area contributed by atoms with E-state index in [4.69, 9.17) is 9.47 Å². The van der Waals surface area contributed by atoms with Crippen molar-refractivity contribution in [3.05, 3.63) is 93.8 Å². The van der Waals surface area contributed by atoms with Gasteiger partial charge in [-0.1, -0.05) is 12.1 Å². The molecule has 1 saturated heterocycles. The zero-order chi connectivity index (χ0) is 25.4. The number of aryl methyl sites for hydroxylation is 1. The lowest BCUT2D eigenvalue weighted by atomic mass is 9.96. The SMILES string of the molecule is Cc1ccnc(C(C)Nc2ccc3c(c2)Cc2cccc(-c4cc(N5CCOCC5)cc(=O)[nH]4)c2O3)n1. The van der Waals surface area contributed by atoms with Crippen LogP contribution >= 0.6 is 0 Å². The first-order chi connectivity index (χ1) is 18.0. The predicted molar refractivity (Wildman–Crippen MR) is 144 cm³/mol. The van der Waals surface area contributed by atoms with E-state index in [-0.39, 0.29) is 11.6 Å². The minimum atomic E-state index is -0.129. The fourth-order valence-electron chi connectivity index (χ4n) is 4.95. The van der Waals surface area contributed by atoms with Crippen molar-refractivity contribution in [1.29, 1.82) is 0 Å². The van der Waals surface area contributed by atoms with Crippen molar-refractivity contribution in [2.24, 2.45) is 0 Å². The summed E-state index contributed by atoms with van der Waals surface area (Å²) in [6.07, 6.45) is 2.52. The Morgan fingerprint density at radius 1 is 1.05 bits per heavy atom. The Kier molecular flexibility index (Phi) is 6.10. The highest BCUT2D eigenvalue weighted by Crippen LogP contribution is 2.43. The Morgan fingerprint density at radius 3 is 2.76 bits per heavy atom. The number of benzene rings is 2. The van der Waals surface area contributed by atoms with Crippen LogP contribution in [-0.4, -0.2) is 41.3 Å². The number of hydrogen-bond acceptors (Lipinski definition) is 7. The number of H-pyrrole nitrogens is 1. The van der Waals surface area contributed by atoms with E-state index in [0.717, 1.165) is 76.3 Å². The van der Waals surface area contributed by atoms with Crippen molar-refractivity contribution in [1.82, 2.24) is 15.0 Å². The summed E-state index contributed by atoms with van der Waals surface area (Å²) in [4.78, 5) is 26.7. The van der Waals surface area contributed by atoms with Gasteiger partial charge in [0.1, 0.15) is 17.3 Å². The molecular formula is C29H29N5O3. The quantitative estimate of drug-likeness (QED) is 0.360. The van der Waals surface area contributed by atoms with Crippen LogP contribution in [0.15, 0.2) is 65.6 Å². The van der Waals surface area contributed by atoms with E-state index < -0.39 is 0 Å². The molecule has 0 aliphatic carbocycles. The number of fused-ring (bicyclic) bond motifs is 2. The third-order valence-corrected chi connectivity index (χ3v) is 6.83. The Hall–Kier alpha value is -4.17. The van der Waals surface area contributed by atoms with Crippen LogP contribution in [0, 0.1) is 6.92 Å². The van der Waals surface area contributed by atoms with Crippen molar-refractivity contribution < 1.29 is 9.47 Å². The first-order valence-corrected chi connectivity index (χ1v) is 12.6. The molecule has 1 atom stereocenters. The van der Waals surface area contributed by atoms with Gasteiger partial charge in [0.2, 0.25) is 5.56 Å². The normalized spacial score (nSPS) is 15.4. The third kappa shape index (κ3) is 4.80. The molecule has 37 heavy (non-hydrogen) atoms. The molecule has 2 aliphatic rings. The third-order valence-electron chi connectivity index (χ3n) is 6.83. The van der Waals surface area contributed by atoms with Crippen LogP contribution in [0.1, 0.15) is 35.6 Å². The Bertz CT molecular complexity index is 1510. The van der Waals surface area contributed by atoms with Gasteiger partial charge >= 0.3 is 0 Å². The maximum absolute atomic E-state index is 12.6. The number of rotatable bonds is 5. The molecule has 8 heteroatoms. The maximum atomic E-state index is 12.6. The molecule has 1 unspecified atom stereocenters. The van der Waals surface area contributed by atoms with Gasteiger partial charge in [-0.2, -0.15) is 0 Å². The number of para-hydroxylation sites is 1. The van der Waals surface area contributed by atoms with Gasteiger partial charge in [0.15, 0.2) is 0 Å². The molecule has 188 valence electrons. The summed E-state index contributed by atoms with van der Waals surface area (Å²) >= 11 is 0. The second-order valence-corrected chi connectivity index (χ2v) is 9.53. The number of nitrogens with one attached hydrogen (secondary N) is 2. The molecule has 0 saturated carbocycles. The Balaban J connectivity index is 1.27. The van der Waals surface area contributed by atoms with Crippen LogP contribution in [0.2, 0.25) is 0 Å². The number of hydrogen-bond donors (Lipinski definition) is 2. The van der Waals surface area contributed by atoms with Crippen molar-refractivity contribution in [2.45, 2.75) is 26.3 Å². The lowest BCUT2D eigenvalue weighted by molar-refractivity contribution is 0.122. The Labute approximate surface area is 215 Å². The van der Waals surface area contributed by atoms with Gasteiger partial charge in [0.25, 0.3) is 0 Å². The van der Waals surface area contributed by atoms with Gasteiger partial charge in [-0.3, -0.25) is 4.79 Å². The van der Waals surface area contributed by atoms with E-state index in [2.05, 4.69) is 44.2 Å². The molecule has 2 aromatic heterocycles. The first-order valence-electron chi connectivity index (χ1n) is 12.6. The van der Waals surface area contributed by atoms with Gasteiger partial charge in [-0.05, 0) is 55.8 Å². The summed E-state index contributed by atoms with van der Waals surface area (Å²) in [7, 11) is 0. The van der Waals surface area contributed by atoms with Crippen LogP contribution in [0.4, 0.5) is 11.4 Å². The number of pyridine rings is 1. The highest BCUT2D eigenvalue weighted by molar-refractivity contribution is 5.74. The molecule has 2 aliphatic heterocycles. The fourth-order valence-corrected chi connectivity index (χ4v) is 4.95. The lowest BCUT2D eigenvalue weighted by Gasteiger charge is -2.29. The summed E-state index contributed by atoms with van der Waals surface area (Å²) in [5, 5.41) is 3.51. The minimum Gasteiger partial charge on any atom is -0.456 e. The molecule has 2 aromatic carbocycles. The molecule has 4 aromatic rings. The smallest absolute Gasteiger partial charge is 0.250 e. The van der Waals surface area contributed by atoms with E-state index in [0.29, 0.717) is 13.2 Å². The van der Waals surface area contributed by atoms with E-state index in [1.54, 1.807) is 12.3 Å². The standard InChI is InChI=1S/C29H29N5O3/c1-18-8-9-30-29(31-18)19(2)32-22-6-7-26-21(15-22)14-20-4-3-5-24(28(20)37-26)25-16-23(17-27(35)33-25)34-10-12-36-13-11-34/h3-9,15-17,19,32H,10-14H2,1-2H3,(H,33,35). The van der Waals surface area contributed by atoms with Gasteiger partial charge in [0, 0.05) is 60.0 Å².